The van der Waals surface area contributed by atoms with Crippen molar-refractivity contribution in [1.29, 1.82) is 0 Å². The van der Waals surface area contributed by atoms with E-state index >= 15 is 0 Å². The van der Waals surface area contributed by atoms with E-state index in [0.29, 0.717) is 22.0 Å². The third kappa shape index (κ3) is 4.57. The number of hydrogen-bond acceptors (Lipinski definition) is 3. The molecule has 1 heterocycles. The lowest BCUT2D eigenvalue weighted by molar-refractivity contribution is -0.131. The summed E-state index contributed by atoms with van der Waals surface area (Å²) in [5, 5.41) is 8.80. The highest BCUT2D eigenvalue weighted by molar-refractivity contribution is 6.31. The molecule has 21 heavy (non-hydrogen) atoms. The van der Waals surface area contributed by atoms with Crippen molar-refractivity contribution in [3.8, 4) is 5.75 Å². The topological polar surface area (TPSA) is 59.4 Å². The number of aromatic nitrogens is 1. The van der Waals surface area contributed by atoms with Crippen LogP contribution in [0, 0.1) is 5.82 Å². The zero-order chi connectivity index (χ0) is 15.2. The first-order chi connectivity index (χ1) is 10.0. The molecule has 2 aromatic rings. The number of nitrogens with zero attached hydrogens (tertiary/aromatic N) is 1. The van der Waals surface area contributed by atoms with Gasteiger partial charge in [0, 0.05) is 11.6 Å². The van der Waals surface area contributed by atoms with E-state index in [-0.39, 0.29) is 6.61 Å². The van der Waals surface area contributed by atoms with Crippen molar-refractivity contribution in [3.05, 3.63) is 64.7 Å². The van der Waals surface area contributed by atoms with Gasteiger partial charge in [0.05, 0.1) is 16.9 Å². The Labute approximate surface area is 125 Å². The first kappa shape index (κ1) is 15.0. The van der Waals surface area contributed by atoms with Crippen LogP contribution >= 0.6 is 11.6 Å². The first-order valence-electron chi connectivity index (χ1n) is 5.98. The molecule has 2 rings (SSSR count). The van der Waals surface area contributed by atoms with Crippen molar-refractivity contribution in [2.24, 2.45) is 0 Å². The molecular formula is C15H11ClFNO3. The summed E-state index contributed by atoms with van der Waals surface area (Å²) in [6.07, 6.45) is 3.85. The largest absolute Gasteiger partial charge is 0.487 e. The zero-order valence-electron chi connectivity index (χ0n) is 10.8. The molecule has 0 fully saturated rings. The fraction of sp³-hybridized carbons (Fsp3) is 0.0667. The molecule has 6 heteroatoms. The van der Waals surface area contributed by atoms with Crippen LogP contribution in [0.4, 0.5) is 4.39 Å². The van der Waals surface area contributed by atoms with E-state index in [1.807, 2.05) is 0 Å². The molecule has 0 aliphatic rings. The highest BCUT2D eigenvalue weighted by Gasteiger charge is 2.03. The number of pyridine rings is 1. The Balaban J connectivity index is 1.99. The highest BCUT2D eigenvalue weighted by Crippen LogP contribution is 2.19. The van der Waals surface area contributed by atoms with Gasteiger partial charge >= 0.3 is 5.97 Å². The predicted molar refractivity (Wildman–Crippen MR) is 76.6 cm³/mol. The molecule has 0 saturated heterocycles. The van der Waals surface area contributed by atoms with Crippen LogP contribution < -0.4 is 4.74 Å². The molecule has 1 aromatic heterocycles. The first-order valence-corrected chi connectivity index (χ1v) is 6.36. The van der Waals surface area contributed by atoms with E-state index in [1.165, 1.54) is 24.4 Å². The number of carbonyl (C=O) groups is 1. The van der Waals surface area contributed by atoms with Crippen molar-refractivity contribution < 1.29 is 19.0 Å². The third-order valence-electron chi connectivity index (χ3n) is 2.57. The molecule has 0 amide bonds. The number of carboxylic acids is 1. The quantitative estimate of drug-likeness (QED) is 0.858. The van der Waals surface area contributed by atoms with Crippen LogP contribution in [0.2, 0.25) is 5.02 Å². The highest BCUT2D eigenvalue weighted by atomic mass is 35.5. The van der Waals surface area contributed by atoms with Crippen LogP contribution in [0.15, 0.2) is 42.6 Å². The number of carboxylic acid groups (broad SMARTS) is 1. The minimum atomic E-state index is -1.04. The minimum Gasteiger partial charge on any atom is -0.487 e. The van der Waals surface area contributed by atoms with Crippen molar-refractivity contribution in [1.82, 2.24) is 4.98 Å². The maximum atomic E-state index is 12.9. The third-order valence-corrected chi connectivity index (χ3v) is 2.92. The second kappa shape index (κ2) is 6.85. The van der Waals surface area contributed by atoms with Crippen LogP contribution in [0.3, 0.4) is 0 Å². The maximum absolute atomic E-state index is 12.9. The molecule has 1 N–H and O–H groups in total. The Morgan fingerprint density at radius 1 is 1.38 bits per heavy atom. The van der Waals surface area contributed by atoms with Gasteiger partial charge in [-0.05, 0) is 30.3 Å². The Hall–Kier alpha value is -2.40. The predicted octanol–water partition coefficient (Wildman–Crippen LogP) is 3.55. The van der Waals surface area contributed by atoms with Crippen LogP contribution in [0.5, 0.6) is 5.75 Å². The molecule has 0 aliphatic heterocycles. The number of hydrogen-bond donors (Lipinski definition) is 1. The number of aliphatic carboxylic acids is 1. The summed E-state index contributed by atoms with van der Waals surface area (Å²) >= 11 is 5.89. The van der Waals surface area contributed by atoms with Gasteiger partial charge in [0.15, 0.2) is 0 Å². The Bertz CT molecular complexity index is 671. The Morgan fingerprint density at radius 2 is 2.19 bits per heavy atom. The molecule has 0 unspecified atom stereocenters. The van der Waals surface area contributed by atoms with E-state index in [0.717, 1.165) is 6.08 Å². The van der Waals surface area contributed by atoms with E-state index in [9.17, 15) is 9.18 Å². The lowest BCUT2D eigenvalue weighted by atomic mass is 10.2. The van der Waals surface area contributed by atoms with Crippen LogP contribution in [-0.2, 0) is 11.4 Å². The molecule has 108 valence electrons. The summed E-state index contributed by atoms with van der Waals surface area (Å²) in [7, 11) is 0. The van der Waals surface area contributed by atoms with Gasteiger partial charge < -0.3 is 9.84 Å². The molecule has 0 saturated carbocycles. The SMILES string of the molecule is O=C(O)C=Cc1ccc(OCc2ccc(F)cc2Cl)cn1. The van der Waals surface area contributed by atoms with Crippen LogP contribution in [0.1, 0.15) is 11.3 Å². The monoisotopic (exact) mass is 307 g/mol. The van der Waals surface area contributed by atoms with E-state index in [2.05, 4.69) is 4.98 Å². The van der Waals surface area contributed by atoms with Gasteiger partial charge in [0.2, 0.25) is 0 Å². The number of rotatable bonds is 5. The van der Waals surface area contributed by atoms with E-state index in [1.54, 1.807) is 18.2 Å². The van der Waals surface area contributed by atoms with Gasteiger partial charge in [-0.25, -0.2) is 9.18 Å². The molecule has 4 nitrogen and oxygen atoms in total. The number of halogens is 2. The molecule has 1 aromatic carbocycles. The van der Waals surface area contributed by atoms with Crippen LogP contribution in [-0.4, -0.2) is 16.1 Å². The Morgan fingerprint density at radius 3 is 2.81 bits per heavy atom. The smallest absolute Gasteiger partial charge is 0.328 e. The van der Waals surface area contributed by atoms with Gasteiger partial charge in [-0.15, -0.1) is 0 Å². The van der Waals surface area contributed by atoms with Crippen LogP contribution in [0.25, 0.3) is 6.08 Å². The van der Waals surface area contributed by atoms with Gasteiger partial charge in [-0.3, -0.25) is 4.98 Å². The molecule has 0 bridgehead atoms. The van der Waals surface area contributed by atoms with Gasteiger partial charge in [0.1, 0.15) is 18.2 Å². The average Bonchev–Trinajstić information content (AvgIpc) is 2.45. The molecule has 0 aliphatic carbocycles. The van der Waals surface area contributed by atoms with Gasteiger partial charge in [-0.1, -0.05) is 17.7 Å². The second-order valence-corrected chi connectivity index (χ2v) is 4.52. The number of benzene rings is 1. The summed E-state index contributed by atoms with van der Waals surface area (Å²) in [5.74, 6) is -0.939. The minimum absolute atomic E-state index is 0.186. The standard InChI is InChI=1S/C15H11ClFNO3/c16-14-7-11(17)2-1-10(14)9-21-13-5-3-12(18-8-13)4-6-15(19)20/h1-8H,9H2,(H,19,20). The molecule has 0 atom stereocenters. The normalized spacial score (nSPS) is 10.8. The summed E-state index contributed by atoms with van der Waals surface area (Å²) in [6.45, 7) is 0.186. The fourth-order valence-electron chi connectivity index (χ4n) is 1.53. The molecular weight excluding hydrogens is 297 g/mol. The van der Waals surface area contributed by atoms with Crippen molar-refractivity contribution in [3.63, 3.8) is 0 Å². The lowest BCUT2D eigenvalue weighted by Gasteiger charge is -2.07. The van der Waals surface area contributed by atoms with Crippen molar-refractivity contribution in [2.45, 2.75) is 6.61 Å². The van der Waals surface area contributed by atoms with E-state index in [4.69, 9.17) is 21.4 Å². The summed E-state index contributed by atoms with van der Waals surface area (Å²) < 4.78 is 18.4. The summed E-state index contributed by atoms with van der Waals surface area (Å²) in [5.41, 5.74) is 1.16. The molecule has 0 spiro atoms. The zero-order valence-corrected chi connectivity index (χ0v) is 11.5. The van der Waals surface area contributed by atoms with E-state index < -0.39 is 11.8 Å². The van der Waals surface area contributed by atoms with Crippen molar-refractivity contribution in [2.75, 3.05) is 0 Å². The van der Waals surface area contributed by atoms with Crippen molar-refractivity contribution >= 4 is 23.6 Å². The van der Waals surface area contributed by atoms with Gasteiger partial charge in [0.25, 0.3) is 0 Å². The Kier molecular flexibility index (Phi) is 4.90. The summed E-state index contributed by atoms with van der Waals surface area (Å²) in [4.78, 5) is 14.4. The lowest BCUT2D eigenvalue weighted by Crippen LogP contribution is -1.97. The summed E-state index contributed by atoms with van der Waals surface area (Å²) in [6, 6.07) is 7.36. The van der Waals surface area contributed by atoms with Gasteiger partial charge in [-0.2, -0.15) is 0 Å². The maximum Gasteiger partial charge on any atom is 0.328 e. The fourth-order valence-corrected chi connectivity index (χ4v) is 1.75. The second-order valence-electron chi connectivity index (χ2n) is 4.11. The molecule has 0 radical (unpaired) electrons. The average molecular weight is 308 g/mol. The number of ether oxygens (including phenoxy) is 1.